The van der Waals surface area contributed by atoms with Gasteiger partial charge in [0.25, 0.3) is 5.91 Å². The molecular formula is C27H27FN4O4. The van der Waals surface area contributed by atoms with Crippen molar-refractivity contribution >= 4 is 23.4 Å². The quantitative estimate of drug-likeness (QED) is 0.501. The first-order chi connectivity index (χ1) is 17.3. The number of halogens is 1. The zero-order valence-corrected chi connectivity index (χ0v) is 19.9. The molecule has 0 saturated heterocycles. The van der Waals surface area contributed by atoms with Crippen LogP contribution in [0.5, 0.6) is 5.75 Å². The van der Waals surface area contributed by atoms with Crippen LogP contribution in [0.25, 0.3) is 11.1 Å². The van der Waals surface area contributed by atoms with Crippen molar-refractivity contribution in [1.82, 2.24) is 9.88 Å². The van der Waals surface area contributed by atoms with E-state index in [0.717, 1.165) is 29.5 Å². The molecule has 2 aromatic carbocycles. The van der Waals surface area contributed by atoms with Crippen LogP contribution in [0.2, 0.25) is 0 Å². The molecule has 2 heterocycles. The molecule has 1 amide bonds. The van der Waals surface area contributed by atoms with Gasteiger partial charge in [-0.2, -0.15) is 0 Å². The van der Waals surface area contributed by atoms with Crippen LogP contribution in [-0.4, -0.2) is 34.9 Å². The predicted molar refractivity (Wildman–Crippen MR) is 133 cm³/mol. The minimum Gasteiger partial charge on any atom is -0.491 e. The first-order valence-electron chi connectivity index (χ1n) is 11.8. The number of anilines is 2. The van der Waals surface area contributed by atoms with Crippen LogP contribution in [0.3, 0.4) is 0 Å². The zero-order chi connectivity index (χ0) is 25.4. The molecule has 0 spiro atoms. The molecule has 1 aliphatic heterocycles. The summed E-state index contributed by atoms with van der Waals surface area (Å²) in [6.45, 7) is 2.14. The molecule has 1 aromatic heterocycles. The Hall–Kier alpha value is -4.14. The summed E-state index contributed by atoms with van der Waals surface area (Å²) < 4.78 is 26.1. The number of rotatable bonds is 6. The number of carbonyl (C=O) groups is 2. The fraction of sp³-hybridized carbons (Fsp3) is 0.296. The molecule has 0 bridgehead atoms. The Bertz CT molecular complexity index is 1360. The van der Waals surface area contributed by atoms with Crippen LogP contribution >= 0.6 is 0 Å². The van der Waals surface area contributed by atoms with Crippen molar-refractivity contribution in [3.05, 3.63) is 70.7 Å². The summed E-state index contributed by atoms with van der Waals surface area (Å²) in [6, 6.07) is 10.5. The Morgan fingerprint density at radius 3 is 2.75 bits per heavy atom. The third kappa shape index (κ3) is 4.68. The Labute approximate surface area is 208 Å². The van der Waals surface area contributed by atoms with Gasteiger partial charge in [0.15, 0.2) is 0 Å². The van der Waals surface area contributed by atoms with E-state index in [0.29, 0.717) is 35.0 Å². The number of esters is 1. The van der Waals surface area contributed by atoms with Crippen molar-refractivity contribution in [2.75, 3.05) is 24.6 Å². The number of nitrogens with zero attached hydrogens (tertiary/aromatic N) is 2. The van der Waals surface area contributed by atoms with Crippen LogP contribution in [0.4, 0.5) is 15.9 Å². The van der Waals surface area contributed by atoms with Crippen LogP contribution in [0.1, 0.15) is 52.7 Å². The predicted octanol–water partition coefficient (Wildman–Crippen LogP) is 4.03. The first kappa shape index (κ1) is 23.6. The van der Waals surface area contributed by atoms with Gasteiger partial charge in [-0.15, -0.1) is 0 Å². The second kappa shape index (κ2) is 9.49. The number of amides is 1. The molecule has 3 aromatic rings. The van der Waals surface area contributed by atoms with Gasteiger partial charge in [0.2, 0.25) is 0 Å². The van der Waals surface area contributed by atoms with Crippen LogP contribution in [-0.2, 0) is 22.7 Å². The molecule has 9 heteroatoms. The number of nitrogen functional groups attached to an aromatic ring is 2. The summed E-state index contributed by atoms with van der Waals surface area (Å²) in [5, 5.41) is 0. The smallest absolute Gasteiger partial charge is 0.302 e. The number of carbonyl (C=O) groups excluding carboxylic acids is 2. The molecular weight excluding hydrogens is 463 g/mol. The third-order valence-corrected chi connectivity index (χ3v) is 6.53. The topological polar surface area (TPSA) is 121 Å². The summed E-state index contributed by atoms with van der Waals surface area (Å²) in [7, 11) is 0. The van der Waals surface area contributed by atoms with Gasteiger partial charge >= 0.3 is 5.97 Å². The maximum absolute atomic E-state index is 15.0. The lowest BCUT2D eigenvalue weighted by atomic mass is 9.97. The van der Waals surface area contributed by atoms with E-state index in [-0.39, 0.29) is 31.1 Å². The van der Waals surface area contributed by atoms with Crippen LogP contribution < -0.4 is 16.2 Å². The monoisotopic (exact) mass is 490 g/mol. The van der Waals surface area contributed by atoms with E-state index in [1.165, 1.54) is 13.0 Å². The molecule has 1 fully saturated rings. The number of ether oxygens (including phenoxy) is 2. The van der Waals surface area contributed by atoms with Gasteiger partial charge in [-0.25, -0.2) is 9.37 Å². The molecule has 0 radical (unpaired) electrons. The van der Waals surface area contributed by atoms with E-state index < -0.39 is 17.7 Å². The van der Waals surface area contributed by atoms with Gasteiger partial charge < -0.3 is 25.8 Å². The number of fused-ring (bicyclic) bond motifs is 1. The highest BCUT2D eigenvalue weighted by molar-refractivity contribution is 5.97. The Morgan fingerprint density at radius 1 is 1.19 bits per heavy atom. The maximum Gasteiger partial charge on any atom is 0.302 e. The highest BCUT2D eigenvalue weighted by Crippen LogP contribution is 2.43. The SMILES string of the molecule is CC(=O)OCc1cc(CN2CCOc3cc(C4CC4)cc(F)c3C2=O)ccc1-c1ccnc(N)c1N. The fourth-order valence-electron chi connectivity index (χ4n) is 4.50. The van der Waals surface area contributed by atoms with Crippen molar-refractivity contribution in [2.24, 2.45) is 0 Å². The number of hydrogen-bond donors (Lipinski definition) is 2. The number of benzene rings is 2. The standard InChI is InChI=1S/C27H27FN4O4/c1-15(33)36-14-19-10-16(2-5-20(19)21-6-7-31-26(30)25(21)29)13-32-8-9-35-23-12-18(17-3-4-17)11-22(28)24(23)27(32)34/h2,5-7,10-12,17H,3-4,8-9,13-14,29H2,1H3,(H2,30,31). The average Bonchev–Trinajstić information content (AvgIpc) is 3.70. The summed E-state index contributed by atoms with van der Waals surface area (Å²) in [5.74, 6) is -0.535. The summed E-state index contributed by atoms with van der Waals surface area (Å²) in [6.07, 6.45) is 3.62. The molecule has 1 saturated carbocycles. The van der Waals surface area contributed by atoms with E-state index in [1.807, 2.05) is 18.2 Å². The second-order valence-electron chi connectivity index (χ2n) is 9.15. The zero-order valence-electron chi connectivity index (χ0n) is 19.9. The highest BCUT2D eigenvalue weighted by Gasteiger charge is 2.31. The molecule has 36 heavy (non-hydrogen) atoms. The highest BCUT2D eigenvalue weighted by atomic mass is 19.1. The van der Waals surface area contributed by atoms with Gasteiger partial charge in [0, 0.05) is 25.2 Å². The summed E-state index contributed by atoms with van der Waals surface area (Å²) >= 11 is 0. The molecule has 4 N–H and O–H groups in total. The fourth-order valence-corrected chi connectivity index (χ4v) is 4.50. The van der Waals surface area contributed by atoms with Gasteiger partial charge in [-0.3, -0.25) is 9.59 Å². The molecule has 0 atom stereocenters. The Morgan fingerprint density at radius 2 is 2.00 bits per heavy atom. The number of nitrogens with two attached hydrogens (primary N) is 2. The van der Waals surface area contributed by atoms with Crippen molar-refractivity contribution in [3.63, 3.8) is 0 Å². The molecule has 1 aliphatic carbocycles. The summed E-state index contributed by atoms with van der Waals surface area (Å²) in [4.78, 5) is 30.4. The van der Waals surface area contributed by atoms with Crippen LogP contribution in [0, 0.1) is 5.82 Å². The minimum absolute atomic E-state index is 0.0125. The van der Waals surface area contributed by atoms with Crippen molar-refractivity contribution in [3.8, 4) is 16.9 Å². The van der Waals surface area contributed by atoms with Crippen molar-refractivity contribution in [1.29, 1.82) is 0 Å². The normalized spacial score (nSPS) is 15.2. The number of hydrogen-bond acceptors (Lipinski definition) is 7. The van der Waals surface area contributed by atoms with E-state index in [1.54, 1.807) is 23.2 Å². The lowest BCUT2D eigenvalue weighted by molar-refractivity contribution is -0.142. The van der Waals surface area contributed by atoms with E-state index >= 15 is 4.39 Å². The maximum atomic E-state index is 15.0. The van der Waals surface area contributed by atoms with Gasteiger partial charge in [0.05, 0.1) is 12.2 Å². The Kier molecular flexibility index (Phi) is 6.22. The van der Waals surface area contributed by atoms with Gasteiger partial charge in [-0.05, 0) is 65.3 Å². The molecule has 8 nitrogen and oxygen atoms in total. The summed E-state index contributed by atoms with van der Waals surface area (Å²) in [5.41, 5.74) is 16.1. The third-order valence-electron chi connectivity index (χ3n) is 6.53. The number of aromatic nitrogens is 1. The lowest BCUT2D eigenvalue weighted by Gasteiger charge is -2.21. The minimum atomic E-state index is -0.553. The second-order valence-corrected chi connectivity index (χ2v) is 9.15. The Balaban J connectivity index is 1.45. The molecule has 2 aliphatic rings. The lowest BCUT2D eigenvalue weighted by Crippen LogP contribution is -2.32. The van der Waals surface area contributed by atoms with E-state index in [4.69, 9.17) is 20.9 Å². The van der Waals surface area contributed by atoms with Gasteiger partial charge in [-0.1, -0.05) is 12.1 Å². The van der Waals surface area contributed by atoms with Crippen LogP contribution in [0.15, 0.2) is 42.6 Å². The van der Waals surface area contributed by atoms with Crippen molar-refractivity contribution < 1.29 is 23.5 Å². The van der Waals surface area contributed by atoms with Crippen molar-refractivity contribution in [2.45, 2.75) is 38.8 Å². The largest absolute Gasteiger partial charge is 0.491 e. The number of pyridine rings is 1. The van der Waals surface area contributed by atoms with E-state index in [9.17, 15) is 9.59 Å². The molecule has 5 rings (SSSR count). The van der Waals surface area contributed by atoms with Gasteiger partial charge in [0.1, 0.15) is 36.2 Å². The average molecular weight is 491 g/mol. The molecule has 0 unspecified atom stereocenters. The molecule has 186 valence electrons. The van der Waals surface area contributed by atoms with E-state index in [2.05, 4.69) is 4.98 Å². The first-order valence-corrected chi connectivity index (χ1v) is 11.8.